The second-order valence-electron chi connectivity index (χ2n) is 4.71. The van der Waals surface area contributed by atoms with E-state index in [1.165, 1.54) is 25.7 Å². The van der Waals surface area contributed by atoms with Crippen LogP contribution in [0.1, 0.15) is 31.2 Å². The minimum Gasteiger partial charge on any atom is -0.307 e. The summed E-state index contributed by atoms with van der Waals surface area (Å²) in [5, 5.41) is 4.03. The largest absolute Gasteiger partial charge is 0.307 e. The number of nitrogens with one attached hydrogen (secondary N) is 1. The molecule has 0 unspecified atom stereocenters. The molecule has 1 fully saturated rings. The van der Waals surface area contributed by atoms with E-state index in [-0.39, 0.29) is 5.78 Å². The third-order valence-electron chi connectivity index (χ3n) is 3.23. The van der Waals surface area contributed by atoms with Gasteiger partial charge in [0.15, 0.2) is 5.78 Å². The first-order chi connectivity index (χ1) is 8.24. The van der Waals surface area contributed by atoms with Gasteiger partial charge in [0.2, 0.25) is 0 Å². The molecule has 0 bridgehead atoms. The third-order valence-corrected chi connectivity index (χ3v) is 3.47. The molecular formula is C14H18ClNO. The van der Waals surface area contributed by atoms with E-state index >= 15 is 0 Å². The molecule has 2 nitrogen and oxygen atoms in total. The number of carbonyl (C=O) groups is 1. The van der Waals surface area contributed by atoms with Gasteiger partial charge in [0, 0.05) is 17.5 Å². The van der Waals surface area contributed by atoms with Crippen molar-refractivity contribution in [3.8, 4) is 0 Å². The van der Waals surface area contributed by atoms with Crippen LogP contribution in [-0.4, -0.2) is 18.4 Å². The van der Waals surface area contributed by atoms with Crippen molar-refractivity contribution in [3.63, 3.8) is 0 Å². The normalized spacial score (nSPS) is 16.3. The first-order valence-electron chi connectivity index (χ1n) is 6.23. The van der Waals surface area contributed by atoms with Gasteiger partial charge in [-0.25, -0.2) is 0 Å². The fourth-order valence-corrected chi connectivity index (χ4v) is 2.54. The van der Waals surface area contributed by atoms with Crippen LogP contribution in [-0.2, 0) is 11.2 Å². The molecule has 17 heavy (non-hydrogen) atoms. The highest BCUT2D eigenvalue weighted by Gasteiger charge is 2.15. The van der Waals surface area contributed by atoms with Crippen molar-refractivity contribution in [3.05, 3.63) is 34.9 Å². The number of carbonyl (C=O) groups excluding carboxylic acids is 1. The van der Waals surface area contributed by atoms with E-state index in [0.29, 0.717) is 24.0 Å². The van der Waals surface area contributed by atoms with Crippen molar-refractivity contribution >= 4 is 17.4 Å². The van der Waals surface area contributed by atoms with E-state index in [4.69, 9.17) is 11.6 Å². The summed E-state index contributed by atoms with van der Waals surface area (Å²) in [6.07, 6.45) is 5.48. The molecule has 92 valence electrons. The maximum atomic E-state index is 11.8. The van der Waals surface area contributed by atoms with Gasteiger partial charge in [0.05, 0.1) is 6.54 Å². The minimum absolute atomic E-state index is 0.235. The fourth-order valence-electron chi connectivity index (χ4n) is 2.33. The summed E-state index contributed by atoms with van der Waals surface area (Å²) in [7, 11) is 0. The number of rotatable bonds is 5. The van der Waals surface area contributed by atoms with Crippen LogP contribution in [0.2, 0.25) is 5.02 Å². The van der Waals surface area contributed by atoms with Crippen molar-refractivity contribution in [1.29, 1.82) is 0 Å². The molecule has 0 aliphatic heterocycles. The Morgan fingerprint density at radius 1 is 1.35 bits per heavy atom. The summed E-state index contributed by atoms with van der Waals surface area (Å²) in [6, 6.07) is 8.06. The predicted molar refractivity (Wildman–Crippen MR) is 70.4 cm³/mol. The van der Waals surface area contributed by atoms with Crippen LogP contribution in [0.25, 0.3) is 0 Å². The summed E-state index contributed by atoms with van der Waals surface area (Å²) in [5.74, 6) is 0.235. The Kier molecular flexibility index (Phi) is 4.57. The summed E-state index contributed by atoms with van der Waals surface area (Å²) in [4.78, 5) is 11.8. The molecule has 1 aliphatic carbocycles. The zero-order valence-corrected chi connectivity index (χ0v) is 10.7. The zero-order chi connectivity index (χ0) is 12.1. The monoisotopic (exact) mass is 251 g/mol. The molecule has 0 spiro atoms. The molecule has 0 atom stereocenters. The van der Waals surface area contributed by atoms with Crippen LogP contribution in [0.4, 0.5) is 0 Å². The number of Topliss-reactive ketones (excluding diaryl/α,β-unsaturated/α-hetero) is 1. The van der Waals surface area contributed by atoms with Crippen molar-refractivity contribution in [2.75, 3.05) is 6.54 Å². The molecule has 0 aromatic heterocycles. The van der Waals surface area contributed by atoms with E-state index in [9.17, 15) is 4.79 Å². The lowest BCUT2D eigenvalue weighted by Crippen LogP contribution is -2.32. The Morgan fingerprint density at radius 2 is 2.12 bits per heavy atom. The third kappa shape index (κ3) is 4.14. The molecule has 0 radical (unpaired) electrons. The van der Waals surface area contributed by atoms with Crippen LogP contribution in [0.5, 0.6) is 0 Å². The van der Waals surface area contributed by atoms with Crippen molar-refractivity contribution in [1.82, 2.24) is 5.32 Å². The van der Waals surface area contributed by atoms with Gasteiger partial charge in [-0.2, -0.15) is 0 Å². The second kappa shape index (κ2) is 6.18. The maximum absolute atomic E-state index is 11.8. The highest BCUT2D eigenvalue weighted by molar-refractivity contribution is 6.30. The fraction of sp³-hybridized carbons (Fsp3) is 0.500. The highest BCUT2D eigenvalue weighted by atomic mass is 35.5. The molecule has 1 aromatic rings. The molecule has 2 rings (SSSR count). The molecule has 1 aliphatic rings. The van der Waals surface area contributed by atoms with E-state index < -0.39 is 0 Å². The van der Waals surface area contributed by atoms with Crippen LogP contribution >= 0.6 is 11.6 Å². The Hall–Kier alpha value is -0.860. The van der Waals surface area contributed by atoms with Gasteiger partial charge in [-0.05, 0) is 30.5 Å². The number of ketones is 1. The molecule has 3 heteroatoms. The van der Waals surface area contributed by atoms with Crippen molar-refractivity contribution in [2.45, 2.75) is 38.1 Å². The summed E-state index contributed by atoms with van der Waals surface area (Å²) >= 11 is 5.88. The number of hydrogen-bond donors (Lipinski definition) is 1. The van der Waals surface area contributed by atoms with Crippen molar-refractivity contribution < 1.29 is 4.79 Å². The van der Waals surface area contributed by atoms with E-state index in [2.05, 4.69) is 5.32 Å². The second-order valence-corrected chi connectivity index (χ2v) is 5.14. The maximum Gasteiger partial charge on any atom is 0.150 e. The van der Waals surface area contributed by atoms with Gasteiger partial charge in [0.25, 0.3) is 0 Å². The lowest BCUT2D eigenvalue weighted by Gasteiger charge is -2.10. The quantitative estimate of drug-likeness (QED) is 0.872. The Labute approximate surface area is 107 Å². The van der Waals surface area contributed by atoms with Crippen molar-refractivity contribution in [2.24, 2.45) is 0 Å². The number of halogens is 1. The molecular weight excluding hydrogens is 234 g/mol. The SMILES string of the molecule is O=C(CNC1CCCC1)Cc1cccc(Cl)c1. The van der Waals surface area contributed by atoms with Gasteiger partial charge in [-0.1, -0.05) is 36.6 Å². The molecule has 0 amide bonds. The Balaban J connectivity index is 1.76. The van der Waals surface area contributed by atoms with Gasteiger partial charge >= 0.3 is 0 Å². The standard InChI is InChI=1S/C14H18ClNO/c15-12-5-3-4-11(8-12)9-14(17)10-16-13-6-1-2-7-13/h3-5,8,13,16H,1-2,6-7,9-10H2. The van der Waals surface area contributed by atoms with E-state index in [1.807, 2.05) is 24.3 Å². The van der Waals surface area contributed by atoms with Crippen LogP contribution < -0.4 is 5.32 Å². The van der Waals surface area contributed by atoms with Gasteiger partial charge < -0.3 is 5.32 Å². The van der Waals surface area contributed by atoms with Gasteiger partial charge in [-0.15, -0.1) is 0 Å². The molecule has 1 aromatic carbocycles. The summed E-state index contributed by atoms with van der Waals surface area (Å²) < 4.78 is 0. The molecule has 1 saturated carbocycles. The predicted octanol–water partition coefficient (Wildman–Crippen LogP) is 2.98. The van der Waals surface area contributed by atoms with Crippen LogP contribution in [0.3, 0.4) is 0 Å². The molecule has 0 saturated heterocycles. The zero-order valence-electron chi connectivity index (χ0n) is 9.92. The summed E-state index contributed by atoms with van der Waals surface area (Å²) in [6.45, 7) is 0.483. The number of hydrogen-bond acceptors (Lipinski definition) is 2. The highest BCUT2D eigenvalue weighted by Crippen LogP contribution is 2.17. The number of benzene rings is 1. The van der Waals surface area contributed by atoms with E-state index in [1.54, 1.807) is 0 Å². The molecule has 0 heterocycles. The van der Waals surface area contributed by atoms with E-state index in [0.717, 1.165) is 5.56 Å². The summed E-state index contributed by atoms with van der Waals surface area (Å²) in [5.41, 5.74) is 0.996. The lowest BCUT2D eigenvalue weighted by atomic mass is 10.1. The minimum atomic E-state index is 0.235. The van der Waals surface area contributed by atoms with Gasteiger partial charge in [-0.3, -0.25) is 4.79 Å². The first kappa shape index (κ1) is 12.6. The average Bonchev–Trinajstić information content (AvgIpc) is 2.79. The molecule has 1 N–H and O–H groups in total. The van der Waals surface area contributed by atoms with Crippen LogP contribution in [0.15, 0.2) is 24.3 Å². The van der Waals surface area contributed by atoms with Crippen LogP contribution in [0, 0.1) is 0 Å². The lowest BCUT2D eigenvalue weighted by molar-refractivity contribution is -0.117. The Morgan fingerprint density at radius 3 is 2.82 bits per heavy atom. The topological polar surface area (TPSA) is 29.1 Å². The average molecular weight is 252 g/mol. The first-order valence-corrected chi connectivity index (χ1v) is 6.61. The van der Waals surface area contributed by atoms with Gasteiger partial charge in [0.1, 0.15) is 0 Å². The Bertz CT molecular complexity index is 386. The smallest absolute Gasteiger partial charge is 0.150 e.